The van der Waals surface area contributed by atoms with Crippen LogP contribution in [0.25, 0.3) is 0 Å². The Morgan fingerprint density at radius 1 is 1.21 bits per heavy atom. The molecule has 1 fully saturated rings. The largest absolute Gasteiger partial charge is 0.486 e. The van der Waals surface area contributed by atoms with E-state index in [0.29, 0.717) is 54.1 Å². The van der Waals surface area contributed by atoms with Crippen molar-refractivity contribution in [2.24, 2.45) is 5.92 Å². The summed E-state index contributed by atoms with van der Waals surface area (Å²) < 4.78 is 38.7. The molecular formula is C19H22N2O5S2. The molecule has 7 nitrogen and oxygen atoms in total. The van der Waals surface area contributed by atoms with Gasteiger partial charge in [-0.2, -0.15) is 0 Å². The van der Waals surface area contributed by atoms with Gasteiger partial charge in [-0.05, 0) is 48.4 Å². The highest BCUT2D eigenvalue weighted by Gasteiger charge is 2.27. The van der Waals surface area contributed by atoms with Crippen LogP contribution in [-0.2, 0) is 10.0 Å². The summed E-state index contributed by atoms with van der Waals surface area (Å²) in [6.45, 7) is 2.50. The second-order valence-corrected chi connectivity index (χ2v) is 9.84. The van der Waals surface area contributed by atoms with Crippen LogP contribution < -0.4 is 14.2 Å². The molecule has 2 aliphatic rings. The number of carbonyl (C=O) groups excluding carboxylic acids is 1. The number of amides is 1. The fourth-order valence-electron chi connectivity index (χ4n) is 3.49. The zero-order valence-corrected chi connectivity index (χ0v) is 16.9. The summed E-state index contributed by atoms with van der Waals surface area (Å²) in [5.74, 6) is 1.27. The summed E-state index contributed by atoms with van der Waals surface area (Å²) in [7, 11) is -3.48. The van der Waals surface area contributed by atoms with Gasteiger partial charge in [0.2, 0.25) is 10.0 Å². The molecule has 1 aromatic heterocycles. The Labute approximate surface area is 168 Å². The van der Waals surface area contributed by atoms with E-state index in [1.807, 2.05) is 0 Å². The first-order valence-electron chi connectivity index (χ1n) is 9.25. The van der Waals surface area contributed by atoms with E-state index < -0.39 is 10.0 Å². The number of ether oxygens (including phenoxy) is 2. The third-order valence-electron chi connectivity index (χ3n) is 4.92. The number of likely N-dealkylation sites (tertiary alicyclic amines) is 1. The lowest BCUT2D eigenvalue weighted by Crippen LogP contribution is -2.43. The molecule has 3 heterocycles. The van der Waals surface area contributed by atoms with Gasteiger partial charge < -0.3 is 14.4 Å². The number of benzene rings is 1. The van der Waals surface area contributed by atoms with Crippen molar-refractivity contribution in [2.75, 3.05) is 32.8 Å². The van der Waals surface area contributed by atoms with E-state index in [1.54, 1.807) is 40.6 Å². The van der Waals surface area contributed by atoms with Crippen LogP contribution in [0.3, 0.4) is 0 Å². The highest BCUT2D eigenvalue weighted by atomic mass is 32.2. The third kappa shape index (κ3) is 4.16. The van der Waals surface area contributed by atoms with Crippen LogP contribution in [0.2, 0.25) is 0 Å². The van der Waals surface area contributed by atoms with E-state index in [2.05, 4.69) is 4.72 Å². The molecule has 0 aliphatic carbocycles. The van der Waals surface area contributed by atoms with Crippen molar-refractivity contribution < 1.29 is 22.7 Å². The second kappa shape index (κ2) is 8.10. The lowest BCUT2D eigenvalue weighted by molar-refractivity contribution is 0.0675. The second-order valence-electron chi connectivity index (χ2n) is 6.90. The van der Waals surface area contributed by atoms with Gasteiger partial charge in [-0.15, -0.1) is 11.3 Å². The summed E-state index contributed by atoms with van der Waals surface area (Å²) in [6, 6.07) is 8.54. The molecule has 0 unspecified atom stereocenters. The van der Waals surface area contributed by atoms with Gasteiger partial charge in [0.15, 0.2) is 11.5 Å². The zero-order valence-electron chi connectivity index (χ0n) is 15.3. The maximum atomic E-state index is 12.9. The topological polar surface area (TPSA) is 84.9 Å². The molecule has 2 aromatic rings. The predicted molar refractivity (Wildman–Crippen MR) is 106 cm³/mol. The molecule has 1 aromatic carbocycles. The van der Waals surface area contributed by atoms with Gasteiger partial charge in [-0.25, -0.2) is 13.1 Å². The summed E-state index contributed by atoms with van der Waals surface area (Å²) in [4.78, 5) is 14.7. The maximum Gasteiger partial charge on any atom is 0.254 e. The zero-order chi connectivity index (χ0) is 19.6. The SMILES string of the molecule is O=C(c1ccc2c(c1)OCCO2)N1CCC[C@@H](CNS(=O)(=O)c2cccs2)C1. The highest BCUT2D eigenvalue weighted by Crippen LogP contribution is 2.31. The number of piperidine rings is 1. The minimum atomic E-state index is -3.48. The predicted octanol–water partition coefficient (Wildman–Crippen LogP) is 2.35. The standard InChI is InChI=1S/C19H22N2O5S2/c22-19(15-5-6-16-17(11-15)26-9-8-25-16)21-7-1-3-14(13-21)12-20-28(23,24)18-4-2-10-27-18/h2,4-6,10-11,14,20H,1,3,7-9,12-13H2/t14-/m0/s1. The van der Waals surface area contributed by atoms with Crippen LogP contribution in [0, 0.1) is 5.92 Å². The number of carbonyl (C=O) groups is 1. The minimum Gasteiger partial charge on any atom is -0.486 e. The Balaban J connectivity index is 1.39. The van der Waals surface area contributed by atoms with Crippen LogP contribution in [-0.4, -0.2) is 52.1 Å². The van der Waals surface area contributed by atoms with Gasteiger partial charge in [0.1, 0.15) is 17.4 Å². The van der Waals surface area contributed by atoms with Crippen molar-refractivity contribution in [1.82, 2.24) is 9.62 Å². The van der Waals surface area contributed by atoms with Gasteiger partial charge in [-0.3, -0.25) is 4.79 Å². The Kier molecular flexibility index (Phi) is 5.56. The number of nitrogens with one attached hydrogen (secondary N) is 1. The van der Waals surface area contributed by atoms with Gasteiger partial charge in [0.25, 0.3) is 5.91 Å². The van der Waals surface area contributed by atoms with Gasteiger partial charge >= 0.3 is 0 Å². The first kappa shape index (κ1) is 19.2. The number of rotatable bonds is 5. The smallest absolute Gasteiger partial charge is 0.254 e. The lowest BCUT2D eigenvalue weighted by atomic mass is 9.97. The first-order chi connectivity index (χ1) is 13.5. The Bertz CT molecular complexity index is 943. The average Bonchev–Trinajstić information content (AvgIpc) is 3.28. The molecule has 0 saturated carbocycles. The molecule has 150 valence electrons. The van der Waals surface area contributed by atoms with Crippen LogP contribution in [0.5, 0.6) is 11.5 Å². The molecule has 1 amide bonds. The van der Waals surface area contributed by atoms with Crippen molar-refractivity contribution in [3.63, 3.8) is 0 Å². The molecule has 2 aliphatic heterocycles. The third-order valence-corrected chi connectivity index (χ3v) is 7.74. The maximum absolute atomic E-state index is 12.9. The Morgan fingerprint density at radius 3 is 2.82 bits per heavy atom. The highest BCUT2D eigenvalue weighted by molar-refractivity contribution is 7.91. The van der Waals surface area contributed by atoms with Gasteiger partial charge in [0.05, 0.1) is 0 Å². The monoisotopic (exact) mass is 422 g/mol. The number of sulfonamides is 1. The van der Waals surface area contributed by atoms with Crippen LogP contribution >= 0.6 is 11.3 Å². The number of fused-ring (bicyclic) bond motifs is 1. The van der Waals surface area contributed by atoms with E-state index in [9.17, 15) is 13.2 Å². The molecule has 1 atom stereocenters. The molecule has 28 heavy (non-hydrogen) atoms. The van der Waals surface area contributed by atoms with Gasteiger partial charge in [-0.1, -0.05) is 6.07 Å². The molecule has 1 N–H and O–H groups in total. The van der Waals surface area contributed by atoms with Crippen LogP contribution in [0.1, 0.15) is 23.2 Å². The summed E-state index contributed by atoms with van der Waals surface area (Å²) in [5.41, 5.74) is 0.559. The summed E-state index contributed by atoms with van der Waals surface area (Å²) in [6.07, 6.45) is 1.74. The molecule has 0 radical (unpaired) electrons. The lowest BCUT2D eigenvalue weighted by Gasteiger charge is -2.33. The minimum absolute atomic E-state index is 0.0669. The van der Waals surface area contributed by atoms with Crippen LogP contribution in [0.4, 0.5) is 0 Å². The normalized spacial score (nSPS) is 19.4. The molecule has 9 heteroatoms. The molecular weight excluding hydrogens is 400 g/mol. The first-order valence-corrected chi connectivity index (χ1v) is 11.6. The number of hydrogen-bond donors (Lipinski definition) is 1. The fraction of sp³-hybridized carbons (Fsp3) is 0.421. The van der Waals surface area contributed by atoms with Crippen molar-refractivity contribution in [1.29, 1.82) is 0 Å². The Morgan fingerprint density at radius 2 is 2.04 bits per heavy atom. The summed E-state index contributed by atoms with van der Waals surface area (Å²) in [5, 5.41) is 1.74. The molecule has 1 saturated heterocycles. The van der Waals surface area contributed by atoms with Gasteiger partial charge in [0, 0.05) is 25.2 Å². The van der Waals surface area contributed by atoms with Crippen LogP contribution in [0.15, 0.2) is 39.9 Å². The number of nitrogens with zero attached hydrogens (tertiary/aromatic N) is 1. The molecule has 0 bridgehead atoms. The van der Waals surface area contributed by atoms with Crippen molar-refractivity contribution in [3.8, 4) is 11.5 Å². The van der Waals surface area contributed by atoms with Crippen molar-refractivity contribution in [2.45, 2.75) is 17.1 Å². The quantitative estimate of drug-likeness (QED) is 0.800. The van der Waals surface area contributed by atoms with E-state index >= 15 is 0 Å². The van der Waals surface area contributed by atoms with E-state index in [0.717, 1.165) is 12.8 Å². The molecule has 0 spiro atoms. The average molecular weight is 423 g/mol. The molecule has 4 rings (SSSR count). The van der Waals surface area contributed by atoms with Crippen molar-refractivity contribution >= 4 is 27.3 Å². The fourth-order valence-corrected chi connectivity index (χ4v) is 5.64. The number of thiophene rings is 1. The van der Waals surface area contributed by atoms with E-state index in [1.165, 1.54) is 11.3 Å². The summed E-state index contributed by atoms with van der Waals surface area (Å²) >= 11 is 1.19. The Hall–Kier alpha value is -2.10. The van der Waals surface area contributed by atoms with E-state index in [4.69, 9.17) is 9.47 Å². The number of hydrogen-bond acceptors (Lipinski definition) is 6. The van der Waals surface area contributed by atoms with Crippen molar-refractivity contribution in [3.05, 3.63) is 41.3 Å². The van der Waals surface area contributed by atoms with E-state index in [-0.39, 0.29) is 11.8 Å².